The van der Waals surface area contributed by atoms with Gasteiger partial charge >= 0.3 is 5.97 Å². The van der Waals surface area contributed by atoms with E-state index in [0.29, 0.717) is 19.5 Å². The number of nitrogens with zero attached hydrogens (tertiary/aromatic N) is 3. The van der Waals surface area contributed by atoms with Crippen molar-refractivity contribution in [2.75, 3.05) is 13.1 Å². The molecule has 2 rings (SSSR count). The molecule has 2 unspecified atom stereocenters. The number of aliphatic carboxylic acids is 1. The number of aromatic nitrogens is 2. The molecule has 1 fully saturated rings. The predicted octanol–water partition coefficient (Wildman–Crippen LogP) is 0.277. The van der Waals surface area contributed by atoms with Crippen LogP contribution >= 0.6 is 0 Å². The van der Waals surface area contributed by atoms with Gasteiger partial charge in [-0.05, 0) is 20.3 Å². The highest BCUT2D eigenvalue weighted by Crippen LogP contribution is 2.29. The van der Waals surface area contributed by atoms with E-state index in [0.717, 1.165) is 11.3 Å². The van der Waals surface area contributed by atoms with E-state index in [9.17, 15) is 4.79 Å². The average Bonchev–Trinajstić information content (AvgIpc) is 2.82. The van der Waals surface area contributed by atoms with Gasteiger partial charge in [0.15, 0.2) is 0 Å². The van der Waals surface area contributed by atoms with Crippen LogP contribution in [-0.2, 0) is 11.8 Å². The van der Waals surface area contributed by atoms with E-state index in [1.165, 1.54) is 0 Å². The lowest BCUT2D eigenvalue weighted by atomic mass is 10.0. The molecule has 100 valence electrons. The second-order valence-electron chi connectivity index (χ2n) is 5.20. The highest BCUT2D eigenvalue weighted by Gasteiger charge is 2.43. The molecule has 3 N–H and O–H groups in total. The molecule has 2 heterocycles. The molecule has 0 aromatic carbocycles. The van der Waals surface area contributed by atoms with Gasteiger partial charge in [0.05, 0.1) is 5.69 Å². The standard InChI is InChI=1S/C12H20N4O2/c1-8-10(6-15(3)14-8)9(2)16-5-4-12(13,7-16)11(17)18/h6,9H,4-5,7,13H2,1-3H3,(H,17,18). The molecule has 1 aromatic heterocycles. The zero-order valence-electron chi connectivity index (χ0n) is 11.1. The topological polar surface area (TPSA) is 84.4 Å². The molecular weight excluding hydrogens is 232 g/mol. The first-order chi connectivity index (χ1) is 8.33. The summed E-state index contributed by atoms with van der Waals surface area (Å²) in [6.07, 6.45) is 2.48. The van der Waals surface area contributed by atoms with E-state index in [1.807, 2.05) is 20.2 Å². The Morgan fingerprint density at radius 2 is 2.33 bits per heavy atom. The minimum absolute atomic E-state index is 0.142. The van der Waals surface area contributed by atoms with Crippen LogP contribution in [0.1, 0.15) is 30.6 Å². The molecular formula is C12H20N4O2. The van der Waals surface area contributed by atoms with E-state index in [2.05, 4.69) is 16.9 Å². The molecule has 0 amide bonds. The maximum atomic E-state index is 11.1. The van der Waals surface area contributed by atoms with Crippen molar-refractivity contribution in [3.8, 4) is 0 Å². The maximum absolute atomic E-state index is 11.1. The molecule has 6 nitrogen and oxygen atoms in total. The van der Waals surface area contributed by atoms with E-state index in [1.54, 1.807) is 4.68 Å². The second-order valence-corrected chi connectivity index (χ2v) is 5.20. The Bertz CT molecular complexity index is 471. The van der Waals surface area contributed by atoms with E-state index in [-0.39, 0.29) is 6.04 Å². The molecule has 2 atom stereocenters. The van der Waals surface area contributed by atoms with Gasteiger partial charge in [0.1, 0.15) is 5.54 Å². The van der Waals surface area contributed by atoms with Crippen LogP contribution < -0.4 is 5.73 Å². The molecule has 0 bridgehead atoms. The fourth-order valence-corrected chi connectivity index (χ4v) is 2.59. The summed E-state index contributed by atoms with van der Waals surface area (Å²) in [7, 11) is 1.89. The molecule has 18 heavy (non-hydrogen) atoms. The molecule has 0 aliphatic carbocycles. The average molecular weight is 252 g/mol. The van der Waals surface area contributed by atoms with Crippen LogP contribution in [0, 0.1) is 6.92 Å². The summed E-state index contributed by atoms with van der Waals surface area (Å²) in [5.74, 6) is -0.917. The van der Waals surface area contributed by atoms with Crippen molar-refractivity contribution >= 4 is 5.97 Å². The van der Waals surface area contributed by atoms with Crippen LogP contribution in [0.5, 0.6) is 0 Å². The quantitative estimate of drug-likeness (QED) is 0.807. The Kier molecular flexibility index (Phi) is 3.16. The van der Waals surface area contributed by atoms with Gasteiger partial charge in [-0.25, -0.2) is 0 Å². The van der Waals surface area contributed by atoms with E-state index >= 15 is 0 Å². The van der Waals surface area contributed by atoms with Crippen molar-refractivity contribution in [2.45, 2.75) is 31.8 Å². The smallest absolute Gasteiger partial charge is 0.325 e. The minimum atomic E-state index is -1.11. The Hall–Kier alpha value is -1.40. The first-order valence-electron chi connectivity index (χ1n) is 6.10. The number of aryl methyl sites for hydroxylation is 2. The predicted molar refractivity (Wildman–Crippen MR) is 67.1 cm³/mol. The zero-order valence-corrected chi connectivity index (χ0v) is 11.1. The first-order valence-corrected chi connectivity index (χ1v) is 6.10. The number of rotatable bonds is 3. The zero-order chi connectivity index (χ0) is 13.5. The number of hydrogen-bond donors (Lipinski definition) is 2. The Balaban J connectivity index is 2.15. The van der Waals surface area contributed by atoms with Crippen LogP contribution in [-0.4, -0.2) is 44.4 Å². The van der Waals surface area contributed by atoms with Gasteiger partial charge in [-0.1, -0.05) is 0 Å². The van der Waals surface area contributed by atoms with Crippen molar-refractivity contribution in [2.24, 2.45) is 12.8 Å². The van der Waals surface area contributed by atoms with E-state index < -0.39 is 11.5 Å². The van der Waals surface area contributed by atoms with Gasteiger partial charge in [0, 0.05) is 37.9 Å². The normalized spacial score (nSPS) is 26.4. The van der Waals surface area contributed by atoms with Gasteiger partial charge in [-0.3, -0.25) is 14.4 Å². The fourth-order valence-electron chi connectivity index (χ4n) is 2.59. The summed E-state index contributed by atoms with van der Waals surface area (Å²) in [6.45, 7) is 5.13. The number of likely N-dealkylation sites (tertiary alicyclic amines) is 1. The Morgan fingerprint density at radius 3 is 2.78 bits per heavy atom. The lowest BCUT2D eigenvalue weighted by Gasteiger charge is -2.25. The third kappa shape index (κ3) is 2.13. The number of nitrogens with two attached hydrogens (primary N) is 1. The molecule has 0 spiro atoms. The lowest BCUT2D eigenvalue weighted by molar-refractivity contribution is -0.142. The van der Waals surface area contributed by atoms with Crippen molar-refractivity contribution in [1.82, 2.24) is 14.7 Å². The highest BCUT2D eigenvalue weighted by molar-refractivity contribution is 5.79. The fraction of sp³-hybridized carbons (Fsp3) is 0.667. The Labute approximate surface area is 106 Å². The lowest BCUT2D eigenvalue weighted by Crippen LogP contribution is -2.50. The molecule has 6 heteroatoms. The van der Waals surface area contributed by atoms with Gasteiger partial charge in [-0.2, -0.15) is 5.10 Å². The third-order valence-electron chi connectivity index (χ3n) is 3.81. The summed E-state index contributed by atoms with van der Waals surface area (Å²) in [5, 5.41) is 13.5. The van der Waals surface area contributed by atoms with Crippen molar-refractivity contribution in [3.05, 3.63) is 17.5 Å². The number of carboxylic acids is 1. The van der Waals surface area contributed by atoms with Crippen LogP contribution in [0.4, 0.5) is 0 Å². The van der Waals surface area contributed by atoms with Crippen LogP contribution in [0.15, 0.2) is 6.20 Å². The van der Waals surface area contributed by atoms with Gasteiger partial charge < -0.3 is 10.8 Å². The summed E-state index contributed by atoms with van der Waals surface area (Å²) >= 11 is 0. The maximum Gasteiger partial charge on any atom is 0.325 e. The summed E-state index contributed by atoms with van der Waals surface area (Å²) in [5.41, 5.74) is 6.90. The summed E-state index contributed by atoms with van der Waals surface area (Å²) in [6, 6.07) is 0.142. The molecule has 1 aromatic rings. The van der Waals surface area contributed by atoms with Crippen molar-refractivity contribution in [3.63, 3.8) is 0 Å². The summed E-state index contributed by atoms with van der Waals surface area (Å²) in [4.78, 5) is 13.2. The van der Waals surface area contributed by atoms with Crippen LogP contribution in [0.25, 0.3) is 0 Å². The minimum Gasteiger partial charge on any atom is -0.480 e. The van der Waals surface area contributed by atoms with Crippen LogP contribution in [0.3, 0.4) is 0 Å². The first kappa shape index (κ1) is 13.0. The van der Waals surface area contributed by atoms with Gasteiger partial charge in [0.25, 0.3) is 0 Å². The second kappa shape index (κ2) is 4.37. The molecule has 0 saturated carbocycles. The Morgan fingerprint density at radius 1 is 1.67 bits per heavy atom. The van der Waals surface area contributed by atoms with Crippen molar-refractivity contribution in [1.29, 1.82) is 0 Å². The van der Waals surface area contributed by atoms with Crippen LogP contribution in [0.2, 0.25) is 0 Å². The highest BCUT2D eigenvalue weighted by atomic mass is 16.4. The van der Waals surface area contributed by atoms with Gasteiger partial charge in [-0.15, -0.1) is 0 Å². The molecule has 0 radical (unpaired) electrons. The monoisotopic (exact) mass is 252 g/mol. The number of carbonyl (C=O) groups is 1. The molecule has 1 aliphatic heterocycles. The van der Waals surface area contributed by atoms with Gasteiger partial charge in [0.2, 0.25) is 0 Å². The largest absolute Gasteiger partial charge is 0.480 e. The SMILES string of the molecule is Cc1nn(C)cc1C(C)N1CCC(N)(C(=O)O)C1. The molecule has 1 aliphatic rings. The number of carboxylic acid groups (broad SMARTS) is 1. The summed E-state index contributed by atoms with van der Waals surface area (Å²) < 4.78 is 1.78. The number of hydrogen-bond acceptors (Lipinski definition) is 4. The van der Waals surface area contributed by atoms with Crippen molar-refractivity contribution < 1.29 is 9.90 Å². The molecule has 1 saturated heterocycles. The third-order valence-corrected chi connectivity index (χ3v) is 3.81. The van der Waals surface area contributed by atoms with E-state index in [4.69, 9.17) is 10.8 Å².